The van der Waals surface area contributed by atoms with E-state index in [0.29, 0.717) is 32.1 Å². The molecule has 2 bridgehead atoms. The summed E-state index contributed by atoms with van der Waals surface area (Å²) in [5.41, 5.74) is 0. The summed E-state index contributed by atoms with van der Waals surface area (Å²) in [7, 11) is 0. The number of hydrogen-bond acceptors (Lipinski definition) is 4. The Hall–Kier alpha value is -0.940. The second-order valence-corrected chi connectivity index (χ2v) is 6.21. The molecule has 0 aromatic rings. The number of hydrogen-bond donors (Lipinski definition) is 1. The van der Waals surface area contributed by atoms with Crippen molar-refractivity contribution in [2.24, 2.45) is 17.8 Å². The molecule has 1 saturated heterocycles. The predicted molar refractivity (Wildman–Crippen MR) is 72.1 cm³/mol. The molecule has 20 heavy (non-hydrogen) atoms. The maximum Gasteiger partial charge on any atom is 0.223 e. The molecule has 1 amide bonds. The van der Waals surface area contributed by atoms with Gasteiger partial charge < -0.3 is 14.8 Å². The van der Waals surface area contributed by atoms with E-state index in [1.807, 2.05) is 0 Å². The molecule has 5 heteroatoms. The van der Waals surface area contributed by atoms with E-state index in [0.717, 1.165) is 32.1 Å². The first kappa shape index (κ1) is 14.0. The van der Waals surface area contributed by atoms with Crippen LogP contribution in [0.1, 0.15) is 32.1 Å². The van der Waals surface area contributed by atoms with Crippen LogP contribution >= 0.6 is 0 Å². The molecule has 3 aliphatic rings. The largest absolute Gasteiger partial charge is 0.376 e. The molecular weight excluding hydrogens is 258 g/mol. The maximum atomic E-state index is 12.3. The SMILES string of the molecule is O=C(NCC1COCCO1)C1CC2CCCC(C1)C2=O. The zero-order chi connectivity index (χ0) is 13.9. The average Bonchev–Trinajstić information content (AvgIpc) is 2.45. The van der Waals surface area contributed by atoms with Crippen molar-refractivity contribution < 1.29 is 19.1 Å². The van der Waals surface area contributed by atoms with Crippen LogP contribution in [-0.2, 0) is 19.1 Å². The van der Waals surface area contributed by atoms with Gasteiger partial charge in [-0.3, -0.25) is 9.59 Å². The van der Waals surface area contributed by atoms with Crippen molar-refractivity contribution in [2.45, 2.75) is 38.2 Å². The van der Waals surface area contributed by atoms with Crippen molar-refractivity contribution in [1.29, 1.82) is 0 Å². The van der Waals surface area contributed by atoms with Gasteiger partial charge in [0.05, 0.1) is 25.9 Å². The minimum Gasteiger partial charge on any atom is -0.376 e. The molecule has 3 rings (SSSR count). The summed E-state index contributed by atoms with van der Waals surface area (Å²) in [4.78, 5) is 24.3. The summed E-state index contributed by atoms with van der Waals surface area (Å²) < 4.78 is 10.8. The van der Waals surface area contributed by atoms with Crippen LogP contribution in [-0.4, -0.2) is 44.2 Å². The molecule has 3 atom stereocenters. The molecule has 5 nitrogen and oxygen atoms in total. The van der Waals surface area contributed by atoms with E-state index < -0.39 is 0 Å². The Morgan fingerprint density at radius 1 is 1.20 bits per heavy atom. The van der Waals surface area contributed by atoms with Gasteiger partial charge in [-0.1, -0.05) is 6.42 Å². The Balaban J connectivity index is 1.49. The van der Waals surface area contributed by atoms with E-state index >= 15 is 0 Å². The van der Waals surface area contributed by atoms with Crippen molar-refractivity contribution in [2.75, 3.05) is 26.4 Å². The molecule has 1 aliphatic heterocycles. The Labute approximate surface area is 119 Å². The van der Waals surface area contributed by atoms with Gasteiger partial charge in [-0.25, -0.2) is 0 Å². The van der Waals surface area contributed by atoms with Gasteiger partial charge in [0.2, 0.25) is 5.91 Å². The summed E-state index contributed by atoms with van der Waals surface area (Å²) in [6.07, 6.45) is 4.53. The second-order valence-electron chi connectivity index (χ2n) is 6.21. The molecule has 1 N–H and O–H groups in total. The van der Waals surface area contributed by atoms with Crippen molar-refractivity contribution in [1.82, 2.24) is 5.32 Å². The second kappa shape index (κ2) is 6.22. The highest BCUT2D eigenvalue weighted by atomic mass is 16.6. The highest BCUT2D eigenvalue weighted by molar-refractivity contribution is 5.88. The van der Waals surface area contributed by atoms with Crippen molar-refractivity contribution in [3.63, 3.8) is 0 Å². The summed E-state index contributed by atoms with van der Waals surface area (Å²) in [5, 5.41) is 2.97. The molecule has 3 unspecified atom stereocenters. The molecule has 112 valence electrons. The predicted octanol–water partition coefficient (Wildman–Crippen LogP) is 0.913. The van der Waals surface area contributed by atoms with E-state index in [4.69, 9.17) is 9.47 Å². The molecule has 0 radical (unpaired) electrons. The van der Waals surface area contributed by atoms with Crippen LogP contribution in [0.3, 0.4) is 0 Å². The normalized spacial score (nSPS) is 37.5. The Bertz CT molecular complexity index is 362. The van der Waals surface area contributed by atoms with E-state index in [-0.39, 0.29) is 29.8 Å². The number of nitrogens with one attached hydrogen (secondary N) is 1. The molecule has 3 fully saturated rings. The molecule has 2 saturated carbocycles. The zero-order valence-electron chi connectivity index (χ0n) is 11.8. The van der Waals surface area contributed by atoms with Gasteiger partial charge in [0.15, 0.2) is 0 Å². The number of carbonyl (C=O) groups excluding carboxylic acids is 2. The lowest BCUT2D eigenvalue weighted by molar-refractivity contribution is -0.138. The number of rotatable bonds is 3. The van der Waals surface area contributed by atoms with E-state index in [1.54, 1.807) is 0 Å². The first-order chi connectivity index (χ1) is 9.74. The van der Waals surface area contributed by atoms with E-state index in [9.17, 15) is 9.59 Å². The molecule has 0 aromatic carbocycles. The lowest BCUT2D eigenvalue weighted by Gasteiger charge is -2.37. The third kappa shape index (κ3) is 3.04. The average molecular weight is 281 g/mol. The van der Waals surface area contributed by atoms with Gasteiger partial charge >= 0.3 is 0 Å². The Morgan fingerprint density at radius 3 is 2.60 bits per heavy atom. The summed E-state index contributed by atoms with van der Waals surface area (Å²) in [6, 6.07) is 0. The minimum atomic E-state index is -0.0302. The summed E-state index contributed by atoms with van der Waals surface area (Å²) >= 11 is 0. The zero-order valence-corrected chi connectivity index (χ0v) is 11.8. The molecular formula is C15H23NO4. The highest BCUT2D eigenvalue weighted by Crippen LogP contribution is 2.40. The number of Topliss-reactive ketones (excluding diaryl/α,β-unsaturated/α-hetero) is 1. The molecule has 0 spiro atoms. The van der Waals surface area contributed by atoms with Gasteiger partial charge in [0, 0.05) is 24.3 Å². The van der Waals surface area contributed by atoms with E-state index in [1.165, 1.54) is 0 Å². The topological polar surface area (TPSA) is 64.6 Å². The third-order valence-corrected chi connectivity index (χ3v) is 4.81. The van der Waals surface area contributed by atoms with Crippen LogP contribution in [0.5, 0.6) is 0 Å². The number of ketones is 1. The van der Waals surface area contributed by atoms with Gasteiger partial charge in [-0.2, -0.15) is 0 Å². The van der Waals surface area contributed by atoms with Crippen LogP contribution in [0.2, 0.25) is 0 Å². The van der Waals surface area contributed by atoms with Crippen LogP contribution < -0.4 is 5.32 Å². The standard InChI is InChI=1S/C15H23NO4/c17-14-10-2-1-3-11(14)7-12(6-10)15(18)16-8-13-9-19-4-5-20-13/h10-13H,1-9H2,(H,16,18). The number of fused-ring (bicyclic) bond motifs is 2. The van der Waals surface area contributed by atoms with Crippen molar-refractivity contribution >= 4 is 11.7 Å². The van der Waals surface area contributed by atoms with Crippen LogP contribution in [0.25, 0.3) is 0 Å². The van der Waals surface area contributed by atoms with Gasteiger partial charge in [0.1, 0.15) is 5.78 Å². The summed E-state index contributed by atoms with van der Waals surface area (Å²) in [5.74, 6) is 0.764. The molecule has 1 heterocycles. The van der Waals surface area contributed by atoms with E-state index in [2.05, 4.69) is 5.32 Å². The maximum absolute atomic E-state index is 12.3. The van der Waals surface area contributed by atoms with Crippen LogP contribution in [0, 0.1) is 17.8 Å². The molecule has 2 aliphatic carbocycles. The fourth-order valence-corrected chi connectivity index (χ4v) is 3.71. The third-order valence-electron chi connectivity index (χ3n) is 4.81. The van der Waals surface area contributed by atoms with Gasteiger partial charge in [0.25, 0.3) is 0 Å². The lowest BCUT2D eigenvalue weighted by atomic mass is 9.67. The lowest BCUT2D eigenvalue weighted by Crippen LogP contribution is -2.45. The quantitative estimate of drug-likeness (QED) is 0.835. The number of ether oxygens (including phenoxy) is 2. The van der Waals surface area contributed by atoms with Gasteiger partial charge in [-0.05, 0) is 25.7 Å². The highest BCUT2D eigenvalue weighted by Gasteiger charge is 2.41. The van der Waals surface area contributed by atoms with Crippen molar-refractivity contribution in [3.05, 3.63) is 0 Å². The summed E-state index contributed by atoms with van der Waals surface area (Å²) in [6.45, 7) is 2.30. The minimum absolute atomic E-state index is 0.00695. The molecule has 0 aromatic heterocycles. The first-order valence-corrected chi connectivity index (χ1v) is 7.75. The number of carbonyl (C=O) groups is 2. The Kier molecular flexibility index (Phi) is 4.36. The Morgan fingerprint density at radius 2 is 1.95 bits per heavy atom. The monoisotopic (exact) mass is 281 g/mol. The van der Waals surface area contributed by atoms with Crippen molar-refractivity contribution in [3.8, 4) is 0 Å². The first-order valence-electron chi connectivity index (χ1n) is 7.75. The smallest absolute Gasteiger partial charge is 0.223 e. The van der Waals surface area contributed by atoms with Crippen LogP contribution in [0.4, 0.5) is 0 Å². The van der Waals surface area contributed by atoms with Crippen LogP contribution in [0.15, 0.2) is 0 Å². The fourth-order valence-electron chi connectivity index (χ4n) is 3.71. The fraction of sp³-hybridized carbons (Fsp3) is 0.867. The number of amides is 1. The van der Waals surface area contributed by atoms with Gasteiger partial charge in [-0.15, -0.1) is 0 Å².